The van der Waals surface area contributed by atoms with Crippen molar-refractivity contribution in [3.63, 3.8) is 0 Å². The molecule has 5 heteroatoms. The van der Waals surface area contributed by atoms with Gasteiger partial charge in [-0.05, 0) is 18.4 Å². The number of nitrogens with zero attached hydrogens (tertiary/aromatic N) is 1. The molecule has 0 aliphatic rings. The molecule has 0 saturated heterocycles. The molecule has 2 N–H and O–H groups in total. The quantitative estimate of drug-likeness (QED) is 0.345. The maximum Gasteiger partial charge on any atom is 0.191 e. The normalized spacial score (nSPS) is 12.4. The van der Waals surface area contributed by atoms with Gasteiger partial charge in [0.25, 0.3) is 0 Å². The summed E-state index contributed by atoms with van der Waals surface area (Å²) >= 11 is 1.79. The van der Waals surface area contributed by atoms with Crippen LogP contribution < -0.4 is 10.6 Å². The van der Waals surface area contributed by atoms with E-state index in [1.165, 1.54) is 4.88 Å². The minimum Gasteiger partial charge on any atom is -0.357 e. The van der Waals surface area contributed by atoms with Gasteiger partial charge in [0.2, 0.25) is 0 Å². The van der Waals surface area contributed by atoms with Gasteiger partial charge in [0.1, 0.15) is 0 Å². The van der Waals surface area contributed by atoms with E-state index in [0.717, 1.165) is 25.6 Å². The van der Waals surface area contributed by atoms with Crippen molar-refractivity contribution in [3.8, 4) is 0 Å². The fraction of sp³-hybridized carbons (Fsp3) is 0.462. The molecule has 1 heterocycles. The Balaban J connectivity index is 0.00000289. The Morgan fingerprint density at radius 1 is 1.56 bits per heavy atom. The lowest BCUT2D eigenvalue weighted by molar-refractivity contribution is 0.769. The number of halogens is 1. The SMILES string of the molecule is C=CCNC(=NCC(C)c1cccs1)NCC.I. The molecule has 1 aromatic heterocycles. The first kappa shape index (κ1) is 17.4. The van der Waals surface area contributed by atoms with Crippen LogP contribution >= 0.6 is 35.3 Å². The standard InChI is InChI=1S/C13H21N3S.HI/c1-4-8-15-13(14-5-2)16-10-11(3)12-7-6-9-17-12;/h4,6-7,9,11H,1,5,8,10H2,2-3H3,(H2,14,15,16);1H. The number of hydrogen-bond donors (Lipinski definition) is 2. The summed E-state index contributed by atoms with van der Waals surface area (Å²) in [6, 6.07) is 4.25. The molecule has 3 nitrogen and oxygen atoms in total. The van der Waals surface area contributed by atoms with E-state index in [1.54, 1.807) is 11.3 Å². The summed E-state index contributed by atoms with van der Waals surface area (Å²) < 4.78 is 0. The van der Waals surface area contributed by atoms with Crippen molar-refractivity contribution in [2.75, 3.05) is 19.6 Å². The number of rotatable bonds is 6. The summed E-state index contributed by atoms with van der Waals surface area (Å²) in [5.41, 5.74) is 0. The predicted molar refractivity (Wildman–Crippen MR) is 92.3 cm³/mol. The lowest BCUT2D eigenvalue weighted by atomic mass is 10.1. The van der Waals surface area contributed by atoms with Crippen LogP contribution in [-0.4, -0.2) is 25.6 Å². The van der Waals surface area contributed by atoms with E-state index in [4.69, 9.17) is 0 Å². The number of hydrogen-bond acceptors (Lipinski definition) is 2. The van der Waals surface area contributed by atoms with Crippen molar-refractivity contribution in [2.45, 2.75) is 19.8 Å². The summed E-state index contributed by atoms with van der Waals surface area (Å²) in [5.74, 6) is 1.32. The highest BCUT2D eigenvalue weighted by atomic mass is 127. The van der Waals surface area contributed by atoms with Gasteiger partial charge >= 0.3 is 0 Å². The van der Waals surface area contributed by atoms with Crippen LogP contribution in [0.3, 0.4) is 0 Å². The van der Waals surface area contributed by atoms with E-state index in [-0.39, 0.29) is 24.0 Å². The molecule has 1 aromatic rings. The minimum absolute atomic E-state index is 0. The van der Waals surface area contributed by atoms with Crippen LogP contribution in [-0.2, 0) is 0 Å². The van der Waals surface area contributed by atoms with Crippen molar-refractivity contribution >= 4 is 41.3 Å². The Hall–Kier alpha value is -0.560. The van der Waals surface area contributed by atoms with Gasteiger partial charge in [0.05, 0.1) is 6.54 Å². The number of nitrogens with one attached hydrogen (secondary N) is 2. The molecular weight excluding hydrogens is 357 g/mol. The zero-order valence-corrected chi connectivity index (χ0v) is 14.1. The monoisotopic (exact) mass is 379 g/mol. The summed E-state index contributed by atoms with van der Waals surface area (Å²) in [6.45, 7) is 10.4. The van der Waals surface area contributed by atoms with E-state index < -0.39 is 0 Å². The molecule has 0 aliphatic heterocycles. The molecule has 0 fully saturated rings. The first-order valence-corrected chi connectivity index (χ1v) is 6.82. The average Bonchev–Trinajstić information content (AvgIpc) is 2.86. The van der Waals surface area contributed by atoms with Gasteiger partial charge in [0, 0.05) is 23.9 Å². The lowest BCUT2D eigenvalue weighted by Crippen LogP contribution is -2.37. The zero-order chi connectivity index (χ0) is 12.5. The van der Waals surface area contributed by atoms with Gasteiger partial charge in [-0.25, -0.2) is 0 Å². The molecule has 1 unspecified atom stereocenters. The molecule has 0 radical (unpaired) electrons. The first-order chi connectivity index (χ1) is 8.27. The maximum absolute atomic E-state index is 4.56. The molecular formula is C13H22IN3S. The Morgan fingerprint density at radius 2 is 2.33 bits per heavy atom. The van der Waals surface area contributed by atoms with E-state index in [9.17, 15) is 0 Å². The Kier molecular flexibility index (Phi) is 10.0. The van der Waals surface area contributed by atoms with Crippen LogP contribution in [0.25, 0.3) is 0 Å². The fourth-order valence-corrected chi connectivity index (χ4v) is 2.18. The number of guanidine groups is 1. The van der Waals surface area contributed by atoms with Crippen LogP contribution in [0.2, 0.25) is 0 Å². The van der Waals surface area contributed by atoms with Gasteiger partial charge in [0.15, 0.2) is 5.96 Å². The van der Waals surface area contributed by atoms with E-state index >= 15 is 0 Å². The molecule has 102 valence electrons. The second-order valence-corrected chi connectivity index (χ2v) is 4.78. The van der Waals surface area contributed by atoms with E-state index in [0.29, 0.717) is 5.92 Å². The van der Waals surface area contributed by atoms with Gasteiger partial charge in [-0.1, -0.05) is 19.1 Å². The second-order valence-electron chi connectivity index (χ2n) is 3.81. The summed E-state index contributed by atoms with van der Waals surface area (Å²) in [4.78, 5) is 5.94. The molecule has 0 saturated carbocycles. The Labute approximate surface area is 131 Å². The molecule has 18 heavy (non-hydrogen) atoms. The van der Waals surface area contributed by atoms with Gasteiger partial charge in [-0.15, -0.1) is 41.9 Å². The van der Waals surface area contributed by atoms with Gasteiger partial charge in [-0.2, -0.15) is 0 Å². The smallest absolute Gasteiger partial charge is 0.191 e. The van der Waals surface area contributed by atoms with E-state index in [1.807, 2.05) is 6.08 Å². The highest BCUT2D eigenvalue weighted by molar-refractivity contribution is 14.0. The molecule has 1 rings (SSSR count). The minimum atomic E-state index is 0. The van der Waals surface area contributed by atoms with Crippen molar-refractivity contribution in [1.29, 1.82) is 0 Å². The number of aliphatic imine (C=N–C) groups is 1. The molecule has 0 amide bonds. The van der Waals surface area contributed by atoms with Crippen LogP contribution in [0.4, 0.5) is 0 Å². The maximum atomic E-state index is 4.56. The average molecular weight is 379 g/mol. The van der Waals surface area contributed by atoms with Crippen molar-refractivity contribution in [1.82, 2.24) is 10.6 Å². The highest BCUT2D eigenvalue weighted by Gasteiger charge is 2.05. The van der Waals surface area contributed by atoms with Crippen molar-refractivity contribution < 1.29 is 0 Å². The van der Waals surface area contributed by atoms with Crippen LogP contribution in [0.1, 0.15) is 24.6 Å². The van der Waals surface area contributed by atoms with Crippen LogP contribution in [0.15, 0.2) is 35.2 Å². The number of thiophene rings is 1. The first-order valence-electron chi connectivity index (χ1n) is 5.94. The van der Waals surface area contributed by atoms with Crippen LogP contribution in [0, 0.1) is 0 Å². The molecule has 0 aromatic carbocycles. The highest BCUT2D eigenvalue weighted by Crippen LogP contribution is 2.20. The zero-order valence-electron chi connectivity index (χ0n) is 11.0. The van der Waals surface area contributed by atoms with Crippen LogP contribution in [0.5, 0.6) is 0 Å². The Morgan fingerprint density at radius 3 is 2.89 bits per heavy atom. The molecule has 1 atom stereocenters. The third kappa shape index (κ3) is 6.39. The van der Waals surface area contributed by atoms with Crippen molar-refractivity contribution in [2.24, 2.45) is 4.99 Å². The summed E-state index contributed by atoms with van der Waals surface area (Å²) in [6.07, 6.45) is 1.83. The van der Waals surface area contributed by atoms with Crippen molar-refractivity contribution in [3.05, 3.63) is 35.0 Å². The molecule has 0 spiro atoms. The van der Waals surface area contributed by atoms with E-state index in [2.05, 4.69) is 53.6 Å². The Bertz CT molecular complexity index is 349. The second kappa shape index (κ2) is 10.4. The van der Waals surface area contributed by atoms with Gasteiger partial charge < -0.3 is 10.6 Å². The third-order valence-electron chi connectivity index (χ3n) is 2.31. The topological polar surface area (TPSA) is 36.4 Å². The third-order valence-corrected chi connectivity index (χ3v) is 3.41. The summed E-state index contributed by atoms with van der Waals surface area (Å²) in [7, 11) is 0. The molecule has 0 aliphatic carbocycles. The lowest BCUT2D eigenvalue weighted by Gasteiger charge is -2.11. The molecule has 0 bridgehead atoms. The largest absolute Gasteiger partial charge is 0.357 e. The summed E-state index contributed by atoms with van der Waals surface area (Å²) in [5, 5.41) is 8.52. The predicted octanol–water partition coefficient (Wildman–Crippen LogP) is 3.21. The van der Waals surface area contributed by atoms with Gasteiger partial charge in [-0.3, -0.25) is 4.99 Å². The fourth-order valence-electron chi connectivity index (χ4n) is 1.40.